The largest absolute Gasteiger partial charge is 0.446 e. The molecule has 4 unspecified atom stereocenters. The first-order chi connectivity index (χ1) is 25.6. The van der Waals surface area contributed by atoms with Crippen LogP contribution < -0.4 is 15.4 Å². The Morgan fingerprint density at radius 3 is 2.40 bits per heavy atom. The SMILES string of the molecule is O=C(NC1CCCCC/C=C/C2CC2(C(=O)NS(=O)(=O)C2CC2)NC(=O)C2C[C@@H](N3Cc4cccc5cccc(c45)C3)CN2C1=O)OC1CCOCC1. The summed E-state index contributed by atoms with van der Waals surface area (Å²) in [6.07, 6.45) is 9.10. The van der Waals surface area contributed by atoms with Crippen LogP contribution in [0.15, 0.2) is 48.6 Å². The number of amides is 4. The summed E-state index contributed by atoms with van der Waals surface area (Å²) in [6.45, 7) is 2.55. The summed E-state index contributed by atoms with van der Waals surface area (Å²) in [6, 6.07) is 10.5. The number of ether oxygens (including phenoxy) is 2. The van der Waals surface area contributed by atoms with E-state index in [0.29, 0.717) is 71.2 Å². The van der Waals surface area contributed by atoms with Gasteiger partial charge in [-0.05, 0) is 66.8 Å². The Hall–Kier alpha value is -4.01. The van der Waals surface area contributed by atoms with Gasteiger partial charge in [-0.25, -0.2) is 13.2 Å². The van der Waals surface area contributed by atoms with Crippen LogP contribution in [-0.2, 0) is 47.0 Å². The van der Waals surface area contributed by atoms with E-state index in [1.165, 1.54) is 21.9 Å². The Balaban J connectivity index is 1.08. The Morgan fingerprint density at radius 1 is 0.943 bits per heavy atom. The van der Waals surface area contributed by atoms with E-state index >= 15 is 0 Å². The molecule has 2 saturated carbocycles. The second-order valence-electron chi connectivity index (χ2n) is 15.7. The fraction of sp³-hybridized carbons (Fsp3) is 0.590. The Kier molecular flexibility index (Phi) is 9.96. The number of nitrogens with zero attached hydrogens (tertiary/aromatic N) is 2. The molecule has 6 aliphatic rings. The average Bonchev–Trinajstić information content (AvgIpc) is 4.07. The maximum atomic E-state index is 14.7. The van der Waals surface area contributed by atoms with Crippen LogP contribution in [0.5, 0.6) is 0 Å². The standard InChI is InChI=1S/C39H49N5O8S/c45-35-33-20-29(43-22-26-10-6-8-25-9-7-11-27(23-43)34(25)26)24-44(33)36(46)32(40-38(48)52-30-16-18-51-19-17-30)13-5-3-1-2-4-12-28-21-39(28,41-35)37(47)42-53(49,50)31-14-15-31/h4,6-12,28-33H,1-3,5,13-24H2,(H,40,48)(H,41,45)(H,42,47)/b12-4+/t28?,29-,32?,33?,39?/m1/s1. The van der Waals surface area contributed by atoms with Gasteiger partial charge in [0.15, 0.2) is 0 Å². The molecule has 4 aliphatic heterocycles. The van der Waals surface area contributed by atoms with Crippen LogP contribution in [0.3, 0.4) is 0 Å². The molecule has 14 heteroatoms. The third kappa shape index (κ3) is 7.54. The average molecular weight is 748 g/mol. The predicted molar refractivity (Wildman–Crippen MR) is 196 cm³/mol. The van der Waals surface area contributed by atoms with Gasteiger partial charge in [-0.1, -0.05) is 61.4 Å². The van der Waals surface area contributed by atoms with E-state index in [4.69, 9.17) is 9.47 Å². The summed E-state index contributed by atoms with van der Waals surface area (Å²) in [5, 5.41) is 7.65. The third-order valence-corrected chi connectivity index (χ3v) is 13.8. The van der Waals surface area contributed by atoms with Crippen LogP contribution in [-0.4, -0.2) is 96.8 Å². The van der Waals surface area contributed by atoms with Crippen LogP contribution in [0.1, 0.15) is 81.8 Å². The molecule has 2 aromatic carbocycles. The van der Waals surface area contributed by atoms with E-state index in [1.54, 1.807) is 4.90 Å². The molecule has 4 fully saturated rings. The molecule has 0 aromatic heterocycles. The zero-order chi connectivity index (χ0) is 36.7. The highest BCUT2D eigenvalue weighted by molar-refractivity contribution is 7.91. The molecule has 284 valence electrons. The van der Waals surface area contributed by atoms with E-state index in [9.17, 15) is 27.6 Å². The fourth-order valence-corrected chi connectivity index (χ4v) is 10.0. The minimum absolute atomic E-state index is 0.193. The van der Waals surface area contributed by atoms with Crippen LogP contribution in [0.25, 0.3) is 10.8 Å². The van der Waals surface area contributed by atoms with Crippen molar-refractivity contribution in [3.63, 3.8) is 0 Å². The Labute approximate surface area is 310 Å². The van der Waals surface area contributed by atoms with Crippen molar-refractivity contribution in [3.8, 4) is 0 Å². The Morgan fingerprint density at radius 2 is 1.68 bits per heavy atom. The molecule has 2 aliphatic carbocycles. The third-order valence-electron chi connectivity index (χ3n) is 11.9. The van der Waals surface area contributed by atoms with Crippen molar-refractivity contribution in [3.05, 3.63) is 59.7 Å². The van der Waals surface area contributed by atoms with Crippen LogP contribution in [0.2, 0.25) is 0 Å². The topological polar surface area (TPSA) is 163 Å². The first-order valence-corrected chi connectivity index (χ1v) is 20.8. The molecule has 0 bridgehead atoms. The van der Waals surface area contributed by atoms with Crippen molar-refractivity contribution in [1.29, 1.82) is 0 Å². The number of hydrogen-bond acceptors (Lipinski definition) is 9. The van der Waals surface area contributed by atoms with Crippen LogP contribution >= 0.6 is 0 Å². The first kappa shape index (κ1) is 36.0. The quantitative estimate of drug-likeness (QED) is 0.376. The molecule has 5 atom stereocenters. The molecule has 13 nitrogen and oxygen atoms in total. The highest BCUT2D eigenvalue weighted by Gasteiger charge is 2.62. The Bertz CT molecular complexity index is 1870. The normalized spacial score (nSPS) is 30.6. The molecule has 4 amide bonds. The number of carbonyl (C=O) groups excluding carboxylic acids is 4. The van der Waals surface area contributed by atoms with Gasteiger partial charge < -0.3 is 25.0 Å². The van der Waals surface area contributed by atoms with Crippen LogP contribution in [0, 0.1) is 5.92 Å². The van der Waals surface area contributed by atoms with Gasteiger partial charge in [-0.15, -0.1) is 0 Å². The summed E-state index contributed by atoms with van der Waals surface area (Å²) in [4.78, 5) is 60.0. The van der Waals surface area contributed by atoms with E-state index in [0.717, 1.165) is 19.3 Å². The summed E-state index contributed by atoms with van der Waals surface area (Å²) in [5.41, 5.74) is 0.924. The van der Waals surface area contributed by atoms with Crippen molar-refractivity contribution in [2.24, 2.45) is 5.92 Å². The lowest BCUT2D eigenvalue weighted by molar-refractivity contribution is -0.141. The van der Waals surface area contributed by atoms with Crippen molar-refractivity contribution in [2.75, 3.05) is 19.8 Å². The number of carbonyl (C=O) groups is 4. The summed E-state index contributed by atoms with van der Waals surface area (Å²) >= 11 is 0. The summed E-state index contributed by atoms with van der Waals surface area (Å²) < 4.78 is 39.1. The van der Waals surface area contributed by atoms with Crippen LogP contribution in [0.4, 0.5) is 4.79 Å². The number of alkyl carbamates (subject to hydrolysis) is 1. The lowest BCUT2D eigenvalue weighted by Crippen LogP contribution is -2.58. The molecule has 4 heterocycles. The number of allylic oxidation sites excluding steroid dienone is 1. The number of fused-ring (bicyclic) bond motifs is 2. The molecule has 0 radical (unpaired) electrons. The molecule has 2 saturated heterocycles. The monoisotopic (exact) mass is 747 g/mol. The lowest BCUT2D eigenvalue weighted by atomic mass is 9.94. The second-order valence-corrected chi connectivity index (χ2v) is 17.6. The van der Waals surface area contributed by atoms with E-state index in [-0.39, 0.29) is 36.9 Å². The molecule has 0 spiro atoms. The van der Waals surface area contributed by atoms with Gasteiger partial charge in [0.25, 0.3) is 5.91 Å². The van der Waals surface area contributed by atoms with E-state index < -0.39 is 50.8 Å². The van der Waals surface area contributed by atoms with Gasteiger partial charge in [-0.2, -0.15) is 0 Å². The number of benzene rings is 2. The molecule has 8 rings (SSSR count). The van der Waals surface area contributed by atoms with E-state index in [1.807, 2.05) is 24.3 Å². The van der Waals surface area contributed by atoms with Crippen molar-refractivity contribution in [2.45, 2.75) is 119 Å². The highest BCUT2D eigenvalue weighted by atomic mass is 32.2. The molecule has 3 N–H and O–H groups in total. The zero-order valence-electron chi connectivity index (χ0n) is 30.0. The molecule has 53 heavy (non-hydrogen) atoms. The minimum Gasteiger partial charge on any atom is -0.446 e. The van der Waals surface area contributed by atoms with E-state index in [2.05, 4.69) is 44.5 Å². The number of rotatable bonds is 6. The lowest BCUT2D eigenvalue weighted by Gasteiger charge is -2.34. The second kappa shape index (κ2) is 14.7. The van der Waals surface area contributed by atoms with Crippen molar-refractivity contribution < 1.29 is 37.1 Å². The van der Waals surface area contributed by atoms with Gasteiger partial charge in [-0.3, -0.25) is 24.0 Å². The molecular weight excluding hydrogens is 699 g/mol. The number of nitrogens with one attached hydrogen (secondary N) is 3. The summed E-state index contributed by atoms with van der Waals surface area (Å²) in [7, 11) is -3.86. The summed E-state index contributed by atoms with van der Waals surface area (Å²) in [5.74, 6) is -1.99. The van der Waals surface area contributed by atoms with Gasteiger partial charge in [0.2, 0.25) is 21.8 Å². The smallest absolute Gasteiger partial charge is 0.408 e. The van der Waals surface area contributed by atoms with Gasteiger partial charge >= 0.3 is 6.09 Å². The van der Waals surface area contributed by atoms with Gasteiger partial charge in [0.05, 0.1) is 18.5 Å². The van der Waals surface area contributed by atoms with Crippen molar-refractivity contribution >= 4 is 44.6 Å². The van der Waals surface area contributed by atoms with Crippen molar-refractivity contribution in [1.82, 2.24) is 25.2 Å². The first-order valence-electron chi connectivity index (χ1n) is 19.2. The number of sulfonamides is 1. The van der Waals surface area contributed by atoms with Gasteiger partial charge in [0.1, 0.15) is 23.7 Å². The number of hydrogen-bond donors (Lipinski definition) is 3. The van der Waals surface area contributed by atoms with Gasteiger partial charge in [0, 0.05) is 44.4 Å². The maximum Gasteiger partial charge on any atom is 0.408 e. The molecular formula is C39H49N5O8S. The zero-order valence-corrected chi connectivity index (χ0v) is 30.8. The predicted octanol–water partition coefficient (Wildman–Crippen LogP) is 3.40. The molecule has 2 aromatic rings. The maximum absolute atomic E-state index is 14.7. The highest BCUT2D eigenvalue weighted by Crippen LogP contribution is 2.46. The minimum atomic E-state index is -3.86. The fourth-order valence-electron chi connectivity index (χ4n) is 8.68.